The first-order chi connectivity index (χ1) is 12.2. The van der Waals surface area contributed by atoms with Crippen LogP contribution in [-0.4, -0.2) is 31.9 Å². The average molecular weight is 335 g/mol. The van der Waals surface area contributed by atoms with Crippen molar-refractivity contribution in [2.24, 2.45) is 0 Å². The topological polar surface area (TPSA) is 89.8 Å². The number of nitrogens with zero attached hydrogens (tertiary/aromatic N) is 4. The van der Waals surface area contributed by atoms with Gasteiger partial charge < -0.3 is 5.32 Å². The molecule has 1 N–H and O–H groups in total. The van der Waals surface area contributed by atoms with Gasteiger partial charge in [-0.2, -0.15) is 4.80 Å². The van der Waals surface area contributed by atoms with Crippen LogP contribution in [-0.2, 0) is 11.3 Å². The zero-order chi connectivity index (χ0) is 17.6. The maximum Gasteiger partial charge on any atom is 0.224 e. The minimum atomic E-state index is -0.134. The third-order valence-corrected chi connectivity index (χ3v) is 3.58. The van der Waals surface area contributed by atoms with E-state index in [0.717, 1.165) is 5.56 Å². The Bertz CT molecular complexity index is 872. The molecule has 0 saturated heterocycles. The summed E-state index contributed by atoms with van der Waals surface area (Å²) in [6.45, 7) is 1.78. The molecule has 1 amide bonds. The van der Waals surface area contributed by atoms with Crippen LogP contribution < -0.4 is 5.32 Å². The van der Waals surface area contributed by atoms with Crippen molar-refractivity contribution in [2.75, 3.05) is 5.32 Å². The molecule has 0 spiro atoms. The van der Waals surface area contributed by atoms with Gasteiger partial charge in [0.05, 0.1) is 0 Å². The number of hydrogen-bond donors (Lipinski definition) is 1. The fourth-order valence-electron chi connectivity index (χ4n) is 2.22. The van der Waals surface area contributed by atoms with E-state index >= 15 is 0 Å². The first kappa shape index (κ1) is 16.5. The van der Waals surface area contributed by atoms with Gasteiger partial charge in [0.1, 0.15) is 6.54 Å². The molecule has 0 fully saturated rings. The van der Waals surface area contributed by atoms with Gasteiger partial charge in [0.25, 0.3) is 0 Å². The van der Waals surface area contributed by atoms with Crippen molar-refractivity contribution in [3.8, 4) is 11.4 Å². The van der Waals surface area contributed by atoms with Gasteiger partial charge in [-0.3, -0.25) is 9.59 Å². The number of carbonyl (C=O) groups is 2. The Hall–Kier alpha value is -3.35. The molecule has 126 valence electrons. The minimum Gasteiger partial charge on any atom is -0.326 e. The maximum absolute atomic E-state index is 12.3. The predicted octanol–water partition coefficient (Wildman–Crippen LogP) is 2.57. The molecular formula is C18H17N5O2. The van der Waals surface area contributed by atoms with Gasteiger partial charge in [-0.15, -0.1) is 10.2 Å². The van der Waals surface area contributed by atoms with E-state index in [-0.39, 0.29) is 18.2 Å². The number of benzene rings is 2. The lowest BCUT2D eigenvalue weighted by Crippen LogP contribution is -2.14. The van der Waals surface area contributed by atoms with Crippen LogP contribution in [0.3, 0.4) is 0 Å². The van der Waals surface area contributed by atoms with Crippen LogP contribution in [0.2, 0.25) is 0 Å². The zero-order valence-electron chi connectivity index (χ0n) is 13.7. The highest BCUT2D eigenvalue weighted by atomic mass is 16.1. The molecule has 0 saturated carbocycles. The van der Waals surface area contributed by atoms with Gasteiger partial charge >= 0.3 is 0 Å². The molecule has 3 aromatic rings. The first-order valence-electron chi connectivity index (χ1n) is 7.92. The van der Waals surface area contributed by atoms with Crippen molar-refractivity contribution < 1.29 is 9.59 Å². The van der Waals surface area contributed by atoms with Gasteiger partial charge in [0.15, 0.2) is 5.78 Å². The molecule has 0 unspecified atom stereocenters. The normalized spacial score (nSPS) is 10.4. The highest BCUT2D eigenvalue weighted by molar-refractivity contribution is 5.97. The summed E-state index contributed by atoms with van der Waals surface area (Å²) in [5, 5.41) is 14.9. The number of tetrazole rings is 1. The quantitative estimate of drug-likeness (QED) is 0.699. The average Bonchev–Trinajstić information content (AvgIpc) is 3.11. The molecular weight excluding hydrogens is 318 g/mol. The molecule has 0 bridgehead atoms. The molecule has 0 aliphatic carbocycles. The third kappa shape index (κ3) is 4.14. The van der Waals surface area contributed by atoms with E-state index in [1.165, 1.54) is 4.80 Å². The van der Waals surface area contributed by atoms with Crippen molar-refractivity contribution in [3.05, 3.63) is 60.2 Å². The molecule has 25 heavy (non-hydrogen) atoms. The Labute approximate surface area is 144 Å². The van der Waals surface area contributed by atoms with E-state index in [1.54, 1.807) is 31.2 Å². The van der Waals surface area contributed by atoms with Gasteiger partial charge in [0.2, 0.25) is 11.7 Å². The fraction of sp³-hybridized carbons (Fsp3) is 0.167. The molecule has 0 aliphatic rings. The summed E-state index contributed by atoms with van der Waals surface area (Å²) in [4.78, 5) is 25.0. The van der Waals surface area contributed by atoms with Gasteiger partial charge in [-0.25, -0.2) is 0 Å². The van der Waals surface area contributed by atoms with Crippen LogP contribution >= 0.6 is 0 Å². The minimum absolute atomic E-state index is 0.000495. The monoisotopic (exact) mass is 335 g/mol. The van der Waals surface area contributed by atoms with E-state index in [0.29, 0.717) is 23.5 Å². The van der Waals surface area contributed by atoms with Gasteiger partial charge in [-0.1, -0.05) is 37.3 Å². The van der Waals surface area contributed by atoms with Crippen molar-refractivity contribution in [1.29, 1.82) is 0 Å². The third-order valence-electron chi connectivity index (χ3n) is 3.58. The van der Waals surface area contributed by atoms with Crippen LogP contribution in [0, 0.1) is 0 Å². The highest BCUT2D eigenvalue weighted by Crippen LogP contribution is 2.13. The number of nitrogens with one attached hydrogen (secondary N) is 1. The number of amides is 1. The lowest BCUT2D eigenvalue weighted by molar-refractivity contribution is -0.115. The second-order valence-corrected chi connectivity index (χ2v) is 5.41. The number of anilines is 1. The Morgan fingerprint density at radius 3 is 2.44 bits per heavy atom. The largest absolute Gasteiger partial charge is 0.326 e. The van der Waals surface area contributed by atoms with Crippen LogP contribution in [0.5, 0.6) is 0 Å². The SMILES string of the molecule is CCC(=O)Nc1ccc(C(=O)Cn2nnc(-c3ccccc3)n2)cc1. The van der Waals surface area contributed by atoms with Crippen molar-refractivity contribution in [3.63, 3.8) is 0 Å². The molecule has 2 aromatic carbocycles. The summed E-state index contributed by atoms with van der Waals surface area (Å²) in [6, 6.07) is 16.2. The smallest absolute Gasteiger partial charge is 0.224 e. The zero-order valence-corrected chi connectivity index (χ0v) is 13.7. The van der Waals surface area contributed by atoms with Crippen LogP contribution in [0.25, 0.3) is 11.4 Å². The predicted molar refractivity (Wildman–Crippen MR) is 92.9 cm³/mol. The molecule has 0 aliphatic heterocycles. The number of aromatic nitrogens is 4. The Kier molecular flexibility index (Phi) is 4.94. The summed E-state index contributed by atoms with van der Waals surface area (Å²) in [5.41, 5.74) is 2.03. The number of hydrogen-bond acceptors (Lipinski definition) is 5. The molecule has 3 rings (SSSR count). The van der Waals surface area contributed by atoms with Gasteiger partial charge in [-0.05, 0) is 29.5 Å². The Balaban J connectivity index is 1.66. The van der Waals surface area contributed by atoms with Crippen LogP contribution in [0.15, 0.2) is 54.6 Å². The standard InChI is InChI=1S/C18H17N5O2/c1-2-17(25)19-15-10-8-13(9-11-15)16(24)12-23-21-18(20-22-23)14-6-4-3-5-7-14/h3-11H,2,12H2,1H3,(H,19,25). The second-order valence-electron chi connectivity index (χ2n) is 5.41. The van der Waals surface area contributed by atoms with Crippen molar-refractivity contribution in [2.45, 2.75) is 19.9 Å². The molecule has 0 radical (unpaired) electrons. The molecule has 0 atom stereocenters. The van der Waals surface area contributed by atoms with Crippen LogP contribution in [0.4, 0.5) is 5.69 Å². The molecule has 1 heterocycles. The second kappa shape index (κ2) is 7.48. The van der Waals surface area contributed by atoms with E-state index in [2.05, 4.69) is 20.7 Å². The van der Waals surface area contributed by atoms with E-state index in [9.17, 15) is 9.59 Å². The number of carbonyl (C=O) groups excluding carboxylic acids is 2. The van der Waals surface area contributed by atoms with Gasteiger partial charge in [0, 0.05) is 23.2 Å². The first-order valence-corrected chi connectivity index (χ1v) is 7.92. The summed E-state index contributed by atoms with van der Waals surface area (Å²) in [5.74, 6) is 0.274. The van der Waals surface area contributed by atoms with E-state index in [4.69, 9.17) is 0 Å². The molecule has 1 aromatic heterocycles. The lowest BCUT2D eigenvalue weighted by atomic mass is 10.1. The van der Waals surface area contributed by atoms with Crippen molar-refractivity contribution >= 4 is 17.4 Å². The summed E-state index contributed by atoms with van der Waals surface area (Å²) in [7, 11) is 0. The summed E-state index contributed by atoms with van der Waals surface area (Å²) in [6.07, 6.45) is 0.405. The Morgan fingerprint density at radius 1 is 1.04 bits per heavy atom. The fourth-order valence-corrected chi connectivity index (χ4v) is 2.22. The van der Waals surface area contributed by atoms with E-state index < -0.39 is 0 Å². The molecule has 7 heteroatoms. The molecule has 7 nitrogen and oxygen atoms in total. The number of rotatable bonds is 6. The van der Waals surface area contributed by atoms with Crippen molar-refractivity contribution in [1.82, 2.24) is 20.2 Å². The summed E-state index contributed by atoms with van der Waals surface area (Å²) >= 11 is 0. The Morgan fingerprint density at radius 2 is 1.76 bits per heavy atom. The highest BCUT2D eigenvalue weighted by Gasteiger charge is 2.11. The summed E-state index contributed by atoms with van der Waals surface area (Å²) < 4.78 is 0. The number of ketones is 1. The van der Waals surface area contributed by atoms with E-state index in [1.807, 2.05) is 30.3 Å². The maximum atomic E-state index is 12.3. The number of Topliss-reactive ketones (excluding diaryl/α,β-unsaturated/α-hetero) is 1. The lowest BCUT2D eigenvalue weighted by Gasteiger charge is -2.04. The van der Waals surface area contributed by atoms with Crippen LogP contribution in [0.1, 0.15) is 23.7 Å².